The predicted molar refractivity (Wildman–Crippen MR) is 64.6 cm³/mol. The van der Waals surface area contributed by atoms with Gasteiger partial charge in [0, 0.05) is 19.6 Å². The summed E-state index contributed by atoms with van der Waals surface area (Å²) in [5.41, 5.74) is 1.26. The van der Waals surface area contributed by atoms with Gasteiger partial charge in [-0.15, -0.1) is 0 Å². The minimum absolute atomic E-state index is 0.246. The Labute approximate surface area is 101 Å². The molecule has 2 unspecified atom stereocenters. The van der Waals surface area contributed by atoms with Crippen molar-refractivity contribution in [3.63, 3.8) is 0 Å². The fraction of sp³-hybridized carbons (Fsp3) is 0.538. The summed E-state index contributed by atoms with van der Waals surface area (Å²) in [5, 5.41) is 18.5. The molecule has 4 nitrogen and oxygen atoms in total. The van der Waals surface area contributed by atoms with Crippen LogP contribution in [0.25, 0.3) is 0 Å². The zero-order valence-electron chi connectivity index (χ0n) is 9.83. The first-order valence-corrected chi connectivity index (χ1v) is 5.96. The number of rotatable bonds is 4. The van der Waals surface area contributed by atoms with Gasteiger partial charge in [-0.2, -0.15) is 0 Å². The minimum atomic E-state index is -0.784. The highest BCUT2D eigenvalue weighted by Crippen LogP contribution is 2.12. The van der Waals surface area contributed by atoms with Crippen molar-refractivity contribution < 1.29 is 14.9 Å². The SMILES string of the molecule is OCC(O)C1CN(Cc2ccccc2)CCO1. The summed E-state index contributed by atoms with van der Waals surface area (Å²) in [5.74, 6) is 0. The van der Waals surface area contributed by atoms with Gasteiger partial charge in [0.1, 0.15) is 6.10 Å². The second-order valence-electron chi connectivity index (χ2n) is 4.38. The van der Waals surface area contributed by atoms with Crippen LogP contribution in [0.3, 0.4) is 0 Å². The average molecular weight is 237 g/mol. The number of aliphatic hydroxyl groups is 2. The Balaban J connectivity index is 1.89. The van der Waals surface area contributed by atoms with Crippen molar-refractivity contribution in [2.24, 2.45) is 0 Å². The van der Waals surface area contributed by atoms with E-state index in [9.17, 15) is 5.11 Å². The Hall–Kier alpha value is -0.940. The van der Waals surface area contributed by atoms with Crippen LogP contribution < -0.4 is 0 Å². The lowest BCUT2D eigenvalue weighted by Crippen LogP contribution is -2.48. The molecule has 0 bridgehead atoms. The van der Waals surface area contributed by atoms with Gasteiger partial charge in [0.05, 0.1) is 19.3 Å². The molecule has 1 aromatic carbocycles. The smallest absolute Gasteiger partial charge is 0.104 e. The normalized spacial score (nSPS) is 23.5. The molecule has 1 saturated heterocycles. The van der Waals surface area contributed by atoms with Gasteiger partial charge < -0.3 is 14.9 Å². The second kappa shape index (κ2) is 6.12. The minimum Gasteiger partial charge on any atom is -0.394 e. The lowest BCUT2D eigenvalue weighted by molar-refractivity contribution is -0.103. The van der Waals surface area contributed by atoms with E-state index in [2.05, 4.69) is 17.0 Å². The highest BCUT2D eigenvalue weighted by atomic mass is 16.5. The van der Waals surface area contributed by atoms with Crippen LogP contribution in [0.4, 0.5) is 0 Å². The first-order chi connectivity index (χ1) is 8.29. The molecule has 0 aliphatic carbocycles. The molecule has 0 aromatic heterocycles. The molecule has 0 saturated carbocycles. The number of morpholine rings is 1. The monoisotopic (exact) mass is 237 g/mol. The van der Waals surface area contributed by atoms with Crippen LogP contribution >= 0.6 is 0 Å². The molecule has 2 rings (SSSR count). The molecule has 4 heteroatoms. The van der Waals surface area contributed by atoms with E-state index in [1.54, 1.807) is 0 Å². The van der Waals surface area contributed by atoms with Crippen LogP contribution in [0, 0.1) is 0 Å². The number of hydrogen-bond donors (Lipinski definition) is 2. The largest absolute Gasteiger partial charge is 0.394 e. The molecule has 1 aliphatic heterocycles. The van der Waals surface area contributed by atoms with Crippen molar-refractivity contribution >= 4 is 0 Å². The Bertz CT molecular complexity index is 331. The molecular formula is C13H19NO3. The molecule has 0 spiro atoms. The number of aliphatic hydroxyl groups excluding tert-OH is 2. The molecule has 94 valence electrons. The zero-order chi connectivity index (χ0) is 12.1. The third-order valence-corrected chi connectivity index (χ3v) is 3.04. The molecule has 0 amide bonds. The van der Waals surface area contributed by atoms with Gasteiger partial charge in [0.25, 0.3) is 0 Å². The molecule has 2 N–H and O–H groups in total. The zero-order valence-corrected chi connectivity index (χ0v) is 9.83. The van der Waals surface area contributed by atoms with E-state index in [0.29, 0.717) is 13.2 Å². The van der Waals surface area contributed by atoms with Crippen LogP contribution in [0.15, 0.2) is 30.3 Å². The third kappa shape index (κ3) is 3.51. The van der Waals surface area contributed by atoms with Crippen molar-refractivity contribution in [2.75, 3.05) is 26.3 Å². The summed E-state index contributed by atoms with van der Waals surface area (Å²) in [7, 11) is 0. The standard InChI is InChI=1S/C13H19NO3/c15-10-12(16)13-9-14(6-7-17-13)8-11-4-2-1-3-5-11/h1-5,12-13,15-16H,6-10H2. The van der Waals surface area contributed by atoms with Gasteiger partial charge in [-0.05, 0) is 5.56 Å². The van der Waals surface area contributed by atoms with Gasteiger partial charge in [0.2, 0.25) is 0 Å². The Morgan fingerprint density at radius 3 is 2.82 bits per heavy atom. The van der Waals surface area contributed by atoms with Crippen molar-refractivity contribution in [1.29, 1.82) is 0 Å². The van der Waals surface area contributed by atoms with E-state index >= 15 is 0 Å². The van der Waals surface area contributed by atoms with E-state index < -0.39 is 6.10 Å². The summed E-state index contributed by atoms with van der Waals surface area (Å²) in [6.45, 7) is 2.75. The second-order valence-corrected chi connectivity index (χ2v) is 4.38. The summed E-state index contributed by atoms with van der Waals surface area (Å²) < 4.78 is 5.45. The first kappa shape index (κ1) is 12.5. The van der Waals surface area contributed by atoms with Gasteiger partial charge in [-0.3, -0.25) is 4.90 Å². The lowest BCUT2D eigenvalue weighted by Gasteiger charge is -2.34. The van der Waals surface area contributed by atoms with Gasteiger partial charge in [-0.1, -0.05) is 30.3 Å². The lowest BCUT2D eigenvalue weighted by atomic mass is 10.1. The summed E-state index contributed by atoms with van der Waals surface area (Å²) in [4.78, 5) is 2.24. The quantitative estimate of drug-likeness (QED) is 0.787. The maximum Gasteiger partial charge on any atom is 0.104 e. The maximum absolute atomic E-state index is 9.56. The fourth-order valence-electron chi connectivity index (χ4n) is 2.07. The van der Waals surface area contributed by atoms with Crippen molar-refractivity contribution in [3.05, 3.63) is 35.9 Å². The Morgan fingerprint density at radius 1 is 1.35 bits per heavy atom. The first-order valence-electron chi connectivity index (χ1n) is 5.96. The summed E-state index contributed by atoms with van der Waals surface area (Å²) in [6, 6.07) is 10.2. The van der Waals surface area contributed by atoms with Crippen LogP contribution in [0.2, 0.25) is 0 Å². The number of ether oxygens (including phenoxy) is 1. The maximum atomic E-state index is 9.56. The third-order valence-electron chi connectivity index (χ3n) is 3.04. The average Bonchev–Trinajstić information content (AvgIpc) is 2.39. The molecule has 1 fully saturated rings. The highest BCUT2D eigenvalue weighted by Gasteiger charge is 2.26. The van der Waals surface area contributed by atoms with E-state index in [0.717, 1.165) is 13.1 Å². The number of benzene rings is 1. The van der Waals surface area contributed by atoms with Crippen LogP contribution in [-0.4, -0.2) is 53.6 Å². The molecule has 1 heterocycles. The van der Waals surface area contributed by atoms with E-state index in [1.807, 2.05) is 18.2 Å². The molecule has 1 aliphatic rings. The van der Waals surface area contributed by atoms with Crippen molar-refractivity contribution in [1.82, 2.24) is 4.90 Å². The molecule has 2 atom stereocenters. The van der Waals surface area contributed by atoms with Crippen molar-refractivity contribution in [2.45, 2.75) is 18.8 Å². The fourth-order valence-corrected chi connectivity index (χ4v) is 2.07. The van der Waals surface area contributed by atoms with Gasteiger partial charge >= 0.3 is 0 Å². The number of hydrogen-bond acceptors (Lipinski definition) is 4. The molecule has 1 aromatic rings. The Morgan fingerprint density at radius 2 is 2.12 bits per heavy atom. The van der Waals surface area contributed by atoms with Crippen LogP contribution in [0.1, 0.15) is 5.56 Å². The van der Waals surface area contributed by atoms with E-state index in [-0.39, 0.29) is 12.7 Å². The highest BCUT2D eigenvalue weighted by molar-refractivity contribution is 5.14. The van der Waals surface area contributed by atoms with Gasteiger partial charge in [-0.25, -0.2) is 0 Å². The summed E-state index contributed by atoms with van der Waals surface area (Å²) in [6.07, 6.45) is -1.06. The molecule has 17 heavy (non-hydrogen) atoms. The van der Waals surface area contributed by atoms with Crippen LogP contribution in [-0.2, 0) is 11.3 Å². The van der Waals surface area contributed by atoms with E-state index in [1.165, 1.54) is 5.56 Å². The topological polar surface area (TPSA) is 52.9 Å². The summed E-state index contributed by atoms with van der Waals surface area (Å²) >= 11 is 0. The van der Waals surface area contributed by atoms with E-state index in [4.69, 9.17) is 9.84 Å². The van der Waals surface area contributed by atoms with Crippen molar-refractivity contribution in [3.8, 4) is 0 Å². The van der Waals surface area contributed by atoms with Gasteiger partial charge in [0.15, 0.2) is 0 Å². The predicted octanol–water partition coefficient (Wildman–Crippen LogP) is 0.241. The Kier molecular flexibility index (Phi) is 4.50. The van der Waals surface area contributed by atoms with Crippen LogP contribution in [0.5, 0.6) is 0 Å². The molecular weight excluding hydrogens is 218 g/mol. The number of nitrogens with zero attached hydrogens (tertiary/aromatic N) is 1. The molecule has 0 radical (unpaired) electrons.